The van der Waals surface area contributed by atoms with Crippen LogP contribution in [-0.2, 0) is 14.8 Å². The molecule has 2 heterocycles. The molecule has 1 aliphatic rings. The van der Waals surface area contributed by atoms with Crippen molar-refractivity contribution in [3.05, 3.63) is 57.3 Å². The molecule has 1 aromatic heterocycles. The van der Waals surface area contributed by atoms with Crippen molar-refractivity contribution in [3.63, 3.8) is 0 Å². The van der Waals surface area contributed by atoms with Crippen LogP contribution in [0, 0.1) is 6.92 Å². The van der Waals surface area contributed by atoms with E-state index < -0.39 is 10.0 Å². The van der Waals surface area contributed by atoms with Gasteiger partial charge in [0.25, 0.3) is 0 Å². The Hall–Kier alpha value is -1.67. The predicted octanol–water partition coefficient (Wildman–Crippen LogP) is 3.26. The average molecular weight is 411 g/mol. The lowest BCUT2D eigenvalue weighted by molar-refractivity contribution is -0.127. The molecule has 5 nitrogen and oxygen atoms in total. The van der Waals surface area contributed by atoms with Crippen molar-refractivity contribution in [3.8, 4) is 0 Å². The molecule has 0 spiro atoms. The van der Waals surface area contributed by atoms with Gasteiger partial charge in [0.05, 0.1) is 5.02 Å². The first-order valence-corrected chi connectivity index (χ1v) is 10.8. The SMILES string of the molecule is Cc1ccc(C=CC(=O)N2CCN(S(=O)(=O)c3ccccc3Cl)CC2)s1. The number of carbonyl (C=O) groups excluding carboxylic acids is 1. The second kappa shape index (κ2) is 7.92. The van der Waals surface area contributed by atoms with Crippen LogP contribution in [0.2, 0.25) is 5.02 Å². The number of piperazine rings is 1. The standard InChI is InChI=1S/C18H19ClN2O3S2/c1-14-6-7-15(25-14)8-9-18(22)20-10-12-21(13-11-20)26(23,24)17-5-3-2-4-16(17)19/h2-9H,10-13H2,1H3. The van der Waals surface area contributed by atoms with Gasteiger partial charge in [-0.2, -0.15) is 4.31 Å². The third kappa shape index (κ3) is 4.17. The second-order valence-corrected chi connectivity index (χ2v) is 9.57. The molecule has 0 N–H and O–H groups in total. The zero-order valence-corrected chi connectivity index (χ0v) is 16.6. The largest absolute Gasteiger partial charge is 0.337 e. The van der Waals surface area contributed by atoms with Gasteiger partial charge in [-0.3, -0.25) is 4.79 Å². The topological polar surface area (TPSA) is 57.7 Å². The lowest BCUT2D eigenvalue weighted by Gasteiger charge is -2.33. The van der Waals surface area contributed by atoms with E-state index >= 15 is 0 Å². The molecular weight excluding hydrogens is 392 g/mol. The summed E-state index contributed by atoms with van der Waals surface area (Å²) in [6, 6.07) is 10.4. The maximum Gasteiger partial charge on any atom is 0.246 e. The number of hydrogen-bond donors (Lipinski definition) is 0. The molecule has 8 heteroatoms. The number of benzene rings is 1. The molecule has 0 aliphatic carbocycles. The molecule has 2 aromatic rings. The van der Waals surface area contributed by atoms with Gasteiger partial charge < -0.3 is 4.90 Å². The van der Waals surface area contributed by atoms with E-state index in [0.717, 1.165) is 4.88 Å². The van der Waals surface area contributed by atoms with Gasteiger partial charge in [0.2, 0.25) is 15.9 Å². The first-order valence-electron chi connectivity index (χ1n) is 8.16. The van der Waals surface area contributed by atoms with E-state index in [1.807, 2.05) is 19.1 Å². The molecule has 1 aliphatic heterocycles. The Morgan fingerprint density at radius 3 is 2.42 bits per heavy atom. The summed E-state index contributed by atoms with van der Waals surface area (Å²) in [7, 11) is -3.65. The minimum absolute atomic E-state index is 0.106. The van der Waals surface area contributed by atoms with E-state index in [1.165, 1.54) is 15.2 Å². The van der Waals surface area contributed by atoms with Crippen LogP contribution in [0.25, 0.3) is 6.08 Å². The van der Waals surface area contributed by atoms with Crippen molar-refractivity contribution in [2.75, 3.05) is 26.2 Å². The summed E-state index contributed by atoms with van der Waals surface area (Å²) < 4.78 is 26.8. The highest BCUT2D eigenvalue weighted by molar-refractivity contribution is 7.89. The molecule has 1 saturated heterocycles. The van der Waals surface area contributed by atoms with Gasteiger partial charge in [0.15, 0.2) is 0 Å². The predicted molar refractivity (Wildman–Crippen MR) is 105 cm³/mol. The number of hydrogen-bond acceptors (Lipinski definition) is 4. The van der Waals surface area contributed by atoms with Crippen molar-refractivity contribution in [1.82, 2.24) is 9.21 Å². The number of nitrogens with zero attached hydrogens (tertiary/aromatic N) is 2. The maximum absolute atomic E-state index is 12.7. The molecular formula is C18H19ClN2O3S2. The average Bonchev–Trinajstić information content (AvgIpc) is 3.05. The molecule has 0 unspecified atom stereocenters. The Labute approximate surface area is 162 Å². The minimum Gasteiger partial charge on any atom is -0.337 e. The summed E-state index contributed by atoms with van der Waals surface area (Å²) in [6.45, 7) is 3.24. The van der Waals surface area contributed by atoms with Gasteiger partial charge in [-0.05, 0) is 37.3 Å². The Morgan fingerprint density at radius 2 is 1.81 bits per heavy atom. The number of thiophene rings is 1. The van der Waals surface area contributed by atoms with Gasteiger partial charge in [0.1, 0.15) is 4.90 Å². The smallest absolute Gasteiger partial charge is 0.246 e. The maximum atomic E-state index is 12.7. The van der Waals surface area contributed by atoms with Crippen LogP contribution in [0.1, 0.15) is 9.75 Å². The van der Waals surface area contributed by atoms with Crippen LogP contribution in [0.5, 0.6) is 0 Å². The molecule has 0 saturated carbocycles. The number of rotatable bonds is 4. The monoisotopic (exact) mass is 410 g/mol. The normalized spacial score (nSPS) is 16.3. The number of aryl methyl sites for hydroxylation is 1. The number of halogens is 1. The Morgan fingerprint density at radius 1 is 1.12 bits per heavy atom. The van der Waals surface area contributed by atoms with Gasteiger partial charge in [-0.1, -0.05) is 23.7 Å². The number of amides is 1. The number of sulfonamides is 1. The van der Waals surface area contributed by atoms with Gasteiger partial charge in [0, 0.05) is 42.0 Å². The first-order chi connectivity index (χ1) is 12.4. The molecule has 0 bridgehead atoms. The van der Waals surface area contributed by atoms with E-state index in [1.54, 1.807) is 46.6 Å². The quantitative estimate of drug-likeness (QED) is 0.727. The Bertz CT molecular complexity index is 929. The summed E-state index contributed by atoms with van der Waals surface area (Å²) in [5, 5.41) is 0.209. The summed E-state index contributed by atoms with van der Waals surface area (Å²) in [5.41, 5.74) is 0. The van der Waals surface area contributed by atoms with Crippen molar-refractivity contribution in [2.24, 2.45) is 0 Å². The van der Waals surface area contributed by atoms with E-state index in [-0.39, 0.29) is 28.9 Å². The van der Waals surface area contributed by atoms with Gasteiger partial charge in [-0.15, -0.1) is 11.3 Å². The molecule has 138 valence electrons. The Balaban J connectivity index is 1.63. The summed E-state index contributed by atoms with van der Waals surface area (Å²) in [6.07, 6.45) is 3.34. The molecule has 0 radical (unpaired) electrons. The zero-order chi connectivity index (χ0) is 18.7. The highest BCUT2D eigenvalue weighted by Gasteiger charge is 2.30. The van der Waals surface area contributed by atoms with Crippen LogP contribution in [-0.4, -0.2) is 49.7 Å². The lowest BCUT2D eigenvalue weighted by Crippen LogP contribution is -2.50. The van der Waals surface area contributed by atoms with Crippen LogP contribution in [0.4, 0.5) is 0 Å². The number of carbonyl (C=O) groups is 1. The lowest BCUT2D eigenvalue weighted by atomic mass is 10.3. The van der Waals surface area contributed by atoms with Crippen LogP contribution in [0.3, 0.4) is 0 Å². The first kappa shape index (κ1) is 19.1. The molecule has 26 heavy (non-hydrogen) atoms. The molecule has 0 atom stereocenters. The van der Waals surface area contributed by atoms with E-state index in [9.17, 15) is 13.2 Å². The summed E-state index contributed by atoms with van der Waals surface area (Å²) >= 11 is 7.65. The van der Waals surface area contributed by atoms with Gasteiger partial charge >= 0.3 is 0 Å². The van der Waals surface area contributed by atoms with Crippen molar-refractivity contribution in [2.45, 2.75) is 11.8 Å². The van der Waals surface area contributed by atoms with Crippen LogP contribution < -0.4 is 0 Å². The summed E-state index contributed by atoms with van der Waals surface area (Å²) in [5.74, 6) is -0.106. The fourth-order valence-corrected chi connectivity index (χ4v) is 5.44. The van der Waals surface area contributed by atoms with Crippen LogP contribution in [0.15, 0.2) is 47.4 Å². The fourth-order valence-electron chi connectivity index (χ4n) is 2.74. The van der Waals surface area contributed by atoms with Crippen molar-refractivity contribution >= 4 is 44.9 Å². The van der Waals surface area contributed by atoms with Crippen LogP contribution >= 0.6 is 22.9 Å². The van der Waals surface area contributed by atoms with Crippen molar-refractivity contribution < 1.29 is 13.2 Å². The zero-order valence-electron chi connectivity index (χ0n) is 14.3. The molecule has 1 fully saturated rings. The second-order valence-electron chi connectivity index (χ2n) is 5.94. The molecule has 3 rings (SSSR count). The third-order valence-electron chi connectivity index (χ3n) is 4.16. The summed E-state index contributed by atoms with van der Waals surface area (Å²) in [4.78, 5) is 16.3. The minimum atomic E-state index is -3.65. The van der Waals surface area contributed by atoms with Gasteiger partial charge in [-0.25, -0.2) is 8.42 Å². The van der Waals surface area contributed by atoms with E-state index in [4.69, 9.17) is 11.6 Å². The van der Waals surface area contributed by atoms with Crippen molar-refractivity contribution in [1.29, 1.82) is 0 Å². The van der Waals surface area contributed by atoms with E-state index in [2.05, 4.69) is 0 Å². The Kier molecular flexibility index (Phi) is 5.82. The third-order valence-corrected chi connectivity index (χ3v) is 7.52. The fraction of sp³-hybridized carbons (Fsp3) is 0.278. The molecule has 1 amide bonds. The molecule has 1 aromatic carbocycles. The highest BCUT2D eigenvalue weighted by atomic mass is 35.5. The van der Waals surface area contributed by atoms with E-state index in [0.29, 0.717) is 13.1 Å². The highest BCUT2D eigenvalue weighted by Crippen LogP contribution is 2.25.